The van der Waals surface area contributed by atoms with E-state index in [1.54, 1.807) is 38.3 Å². The minimum Gasteiger partial charge on any atom is -0.461 e. The molecule has 0 saturated carbocycles. The molecule has 0 aliphatic heterocycles. The number of nitrogens with zero attached hydrogens (tertiary/aromatic N) is 2. The third kappa shape index (κ3) is 3.84. The highest BCUT2D eigenvalue weighted by Crippen LogP contribution is 2.26. The molecule has 27 heavy (non-hydrogen) atoms. The largest absolute Gasteiger partial charge is 0.461 e. The minimum atomic E-state index is -0.516. The van der Waals surface area contributed by atoms with E-state index in [0.717, 1.165) is 0 Å². The van der Waals surface area contributed by atoms with Crippen LogP contribution in [0.2, 0.25) is 0 Å². The molecule has 1 amide bonds. The standard InChI is InChI=1S/C19H23N3O5/c1-6-21-13(5)16(12(4)17(21)19(24)27-7-2)18(23)20-15-10-14(22(25)26)9-8-11(15)3/h8-10H,6-7H2,1-5H3,(H,20,23). The van der Waals surface area contributed by atoms with Crippen molar-refractivity contribution in [3.05, 3.63) is 56.4 Å². The van der Waals surface area contributed by atoms with E-state index >= 15 is 0 Å². The van der Waals surface area contributed by atoms with Crippen molar-refractivity contribution in [1.29, 1.82) is 0 Å². The molecule has 1 heterocycles. The lowest BCUT2D eigenvalue weighted by molar-refractivity contribution is -0.384. The molecular weight excluding hydrogens is 350 g/mol. The van der Waals surface area contributed by atoms with E-state index in [0.29, 0.717) is 40.3 Å². The summed E-state index contributed by atoms with van der Waals surface area (Å²) in [7, 11) is 0. The zero-order valence-electron chi connectivity index (χ0n) is 16.1. The topological polar surface area (TPSA) is 103 Å². The molecule has 0 bridgehead atoms. The summed E-state index contributed by atoms with van der Waals surface area (Å²) in [5.74, 6) is -0.906. The van der Waals surface area contributed by atoms with Crippen molar-refractivity contribution in [1.82, 2.24) is 4.57 Å². The third-order valence-electron chi connectivity index (χ3n) is 4.46. The van der Waals surface area contributed by atoms with Crippen LogP contribution in [0.1, 0.15) is 51.5 Å². The Bertz CT molecular complexity index is 915. The second kappa shape index (κ2) is 8.03. The first-order valence-electron chi connectivity index (χ1n) is 8.66. The summed E-state index contributed by atoms with van der Waals surface area (Å²) in [5.41, 5.74) is 2.82. The lowest BCUT2D eigenvalue weighted by atomic mass is 10.1. The Morgan fingerprint density at radius 3 is 2.44 bits per heavy atom. The molecule has 2 rings (SSSR count). The predicted molar refractivity (Wildman–Crippen MR) is 101 cm³/mol. The van der Waals surface area contributed by atoms with E-state index in [2.05, 4.69) is 5.32 Å². The van der Waals surface area contributed by atoms with Gasteiger partial charge >= 0.3 is 5.97 Å². The molecule has 8 nitrogen and oxygen atoms in total. The lowest BCUT2D eigenvalue weighted by Gasteiger charge is -2.09. The SMILES string of the molecule is CCOC(=O)c1c(C)c(C(=O)Nc2cc([N+](=O)[O-])ccc2C)c(C)n1CC. The van der Waals surface area contributed by atoms with Crippen molar-refractivity contribution in [3.63, 3.8) is 0 Å². The number of carbonyl (C=O) groups excluding carboxylic acids is 2. The highest BCUT2D eigenvalue weighted by Gasteiger charge is 2.27. The van der Waals surface area contributed by atoms with Gasteiger partial charge in [0.2, 0.25) is 0 Å². The van der Waals surface area contributed by atoms with Gasteiger partial charge in [-0.3, -0.25) is 14.9 Å². The van der Waals surface area contributed by atoms with Crippen LogP contribution >= 0.6 is 0 Å². The number of nitro benzene ring substituents is 1. The molecule has 0 aliphatic rings. The van der Waals surface area contributed by atoms with Gasteiger partial charge in [0.25, 0.3) is 11.6 Å². The van der Waals surface area contributed by atoms with E-state index < -0.39 is 16.8 Å². The molecule has 8 heteroatoms. The maximum Gasteiger partial charge on any atom is 0.355 e. The Hall–Kier alpha value is -3.16. The smallest absolute Gasteiger partial charge is 0.355 e. The van der Waals surface area contributed by atoms with Gasteiger partial charge < -0.3 is 14.6 Å². The number of aryl methyl sites for hydroxylation is 1. The summed E-state index contributed by atoms with van der Waals surface area (Å²) in [6.07, 6.45) is 0. The molecule has 0 saturated heterocycles. The maximum atomic E-state index is 12.9. The molecule has 0 unspecified atom stereocenters. The summed E-state index contributed by atoms with van der Waals surface area (Å²) in [6.45, 7) is 9.54. The monoisotopic (exact) mass is 373 g/mol. The van der Waals surface area contributed by atoms with Gasteiger partial charge in [-0.25, -0.2) is 4.79 Å². The van der Waals surface area contributed by atoms with Gasteiger partial charge in [0.15, 0.2) is 0 Å². The number of carbonyl (C=O) groups is 2. The zero-order valence-corrected chi connectivity index (χ0v) is 16.1. The molecule has 0 atom stereocenters. The van der Waals surface area contributed by atoms with Crippen molar-refractivity contribution in [2.75, 3.05) is 11.9 Å². The van der Waals surface area contributed by atoms with Crippen molar-refractivity contribution in [2.45, 2.75) is 41.2 Å². The van der Waals surface area contributed by atoms with Gasteiger partial charge in [-0.15, -0.1) is 0 Å². The first kappa shape index (κ1) is 20.2. The van der Waals surface area contributed by atoms with Crippen molar-refractivity contribution in [2.24, 2.45) is 0 Å². The van der Waals surface area contributed by atoms with E-state index in [4.69, 9.17) is 4.74 Å². The number of nitrogens with one attached hydrogen (secondary N) is 1. The fourth-order valence-electron chi connectivity index (χ4n) is 3.13. The van der Waals surface area contributed by atoms with Crippen molar-refractivity contribution < 1.29 is 19.2 Å². The molecule has 0 radical (unpaired) electrons. The number of non-ortho nitro benzene ring substituents is 1. The zero-order chi connectivity index (χ0) is 20.3. The van der Waals surface area contributed by atoms with Gasteiger partial charge in [0.05, 0.1) is 22.8 Å². The minimum absolute atomic E-state index is 0.109. The number of amides is 1. The quantitative estimate of drug-likeness (QED) is 0.471. The lowest BCUT2D eigenvalue weighted by Crippen LogP contribution is -2.15. The molecule has 0 fully saturated rings. The fraction of sp³-hybridized carbons (Fsp3) is 0.368. The Kier molecular flexibility index (Phi) is 5.99. The average molecular weight is 373 g/mol. The summed E-state index contributed by atoms with van der Waals surface area (Å²) >= 11 is 0. The molecule has 1 aromatic heterocycles. The Balaban J connectivity index is 2.47. The van der Waals surface area contributed by atoms with Gasteiger partial charge in [-0.05, 0) is 45.7 Å². The van der Waals surface area contributed by atoms with Crippen LogP contribution in [-0.4, -0.2) is 28.0 Å². The van der Waals surface area contributed by atoms with E-state index in [1.807, 2.05) is 6.92 Å². The number of esters is 1. The number of aromatic nitrogens is 1. The number of hydrogen-bond donors (Lipinski definition) is 1. The maximum absolute atomic E-state index is 12.9. The first-order valence-corrected chi connectivity index (χ1v) is 8.66. The van der Waals surface area contributed by atoms with Crippen molar-refractivity contribution >= 4 is 23.3 Å². The second-order valence-electron chi connectivity index (χ2n) is 6.11. The molecule has 0 spiro atoms. The highest BCUT2D eigenvalue weighted by molar-refractivity contribution is 6.08. The normalized spacial score (nSPS) is 10.6. The van der Waals surface area contributed by atoms with Crippen LogP contribution in [0.15, 0.2) is 18.2 Å². The number of ether oxygens (including phenoxy) is 1. The van der Waals surface area contributed by atoms with E-state index in [1.165, 1.54) is 12.1 Å². The third-order valence-corrected chi connectivity index (χ3v) is 4.46. The van der Waals surface area contributed by atoms with Crippen LogP contribution in [0.3, 0.4) is 0 Å². The molecule has 1 N–H and O–H groups in total. The predicted octanol–water partition coefficient (Wildman–Crippen LogP) is 3.77. The summed E-state index contributed by atoms with van der Waals surface area (Å²) in [6, 6.07) is 4.28. The van der Waals surface area contributed by atoms with E-state index in [9.17, 15) is 19.7 Å². The number of benzene rings is 1. The first-order chi connectivity index (χ1) is 12.7. The van der Waals surface area contributed by atoms with Crippen LogP contribution in [0.5, 0.6) is 0 Å². The van der Waals surface area contributed by atoms with Gasteiger partial charge in [0.1, 0.15) is 5.69 Å². The molecule has 0 aliphatic carbocycles. The second-order valence-corrected chi connectivity index (χ2v) is 6.11. The summed E-state index contributed by atoms with van der Waals surface area (Å²) < 4.78 is 6.85. The highest BCUT2D eigenvalue weighted by atomic mass is 16.6. The van der Waals surface area contributed by atoms with Crippen LogP contribution in [0.25, 0.3) is 0 Å². The molecule has 1 aromatic carbocycles. The average Bonchev–Trinajstić information content (AvgIpc) is 2.86. The van der Waals surface area contributed by atoms with E-state index in [-0.39, 0.29) is 12.3 Å². The number of anilines is 1. The molecule has 2 aromatic rings. The Morgan fingerprint density at radius 1 is 1.22 bits per heavy atom. The van der Waals surface area contributed by atoms with Crippen LogP contribution < -0.4 is 5.32 Å². The van der Waals surface area contributed by atoms with Gasteiger partial charge in [0, 0.05) is 24.4 Å². The molecule has 144 valence electrons. The van der Waals surface area contributed by atoms with Crippen LogP contribution in [0.4, 0.5) is 11.4 Å². The molecular formula is C19H23N3O5. The van der Waals surface area contributed by atoms with Crippen molar-refractivity contribution in [3.8, 4) is 0 Å². The fourth-order valence-corrected chi connectivity index (χ4v) is 3.13. The van der Waals surface area contributed by atoms with Gasteiger partial charge in [-0.1, -0.05) is 6.07 Å². The summed E-state index contributed by atoms with van der Waals surface area (Å²) in [5, 5.41) is 13.7. The summed E-state index contributed by atoms with van der Waals surface area (Å²) in [4.78, 5) is 35.7. The number of nitro groups is 1. The van der Waals surface area contributed by atoms with Crippen LogP contribution in [0, 0.1) is 30.9 Å². The van der Waals surface area contributed by atoms with Crippen LogP contribution in [-0.2, 0) is 11.3 Å². The number of rotatable bonds is 6. The van der Waals surface area contributed by atoms with Gasteiger partial charge in [-0.2, -0.15) is 0 Å². The number of hydrogen-bond acceptors (Lipinski definition) is 5. The Labute approximate surface area is 157 Å². The Morgan fingerprint density at radius 2 is 1.89 bits per heavy atom.